The lowest BCUT2D eigenvalue weighted by atomic mass is 10.0. The molecule has 11 heteroatoms. The number of rotatable bonds is 30. The van der Waals surface area contributed by atoms with Crippen LogP contribution in [0.3, 0.4) is 0 Å². The molecule has 55 heavy (non-hydrogen) atoms. The highest BCUT2D eigenvalue weighted by molar-refractivity contribution is 5.80. The van der Waals surface area contributed by atoms with Gasteiger partial charge in [0.25, 0.3) is 0 Å². The Kier molecular flexibility index (Phi) is 21.7. The van der Waals surface area contributed by atoms with Gasteiger partial charge >= 0.3 is 23.9 Å². The summed E-state index contributed by atoms with van der Waals surface area (Å²) in [6.07, 6.45) is 20.1. The van der Waals surface area contributed by atoms with E-state index in [-0.39, 0.29) is 73.2 Å². The number of benzene rings is 2. The summed E-state index contributed by atoms with van der Waals surface area (Å²) >= 11 is 0. The number of carbonyl (C=O) groups is 4. The molecule has 0 saturated carbocycles. The molecule has 1 aliphatic carbocycles. The van der Waals surface area contributed by atoms with E-state index >= 15 is 0 Å². The molecular weight excluding hydrogens is 702 g/mol. The van der Waals surface area contributed by atoms with E-state index in [4.69, 9.17) is 28.7 Å². The second-order valence-electron chi connectivity index (χ2n) is 14.6. The number of aliphatic carboxylic acids is 1. The molecule has 0 fully saturated rings. The maximum absolute atomic E-state index is 13.0. The molecule has 1 aromatic rings. The highest BCUT2D eigenvalue weighted by Gasteiger charge is 2.23. The van der Waals surface area contributed by atoms with E-state index in [1.165, 1.54) is 88.8 Å². The summed E-state index contributed by atoms with van der Waals surface area (Å²) in [5, 5.41) is 8.81. The molecule has 0 spiro atoms. The normalized spacial score (nSPS) is 11.8. The van der Waals surface area contributed by atoms with Crippen LogP contribution in [-0.2, 0) is 35.1 Å². The molecule has 1 N–H and O–H groups in total. The van der Waals surface area contributed by atoms with Crippen molar-refractivity contribution in [2.75, 3.05) is 6.61 Å². The van der Waals surface area contributed by atoms with Crippen LogP contribution in [0.4, 0.5) is 0 Å². The molecule has 1 atom stereocenters. The van der Waals surface area contributed by atoms with Crippen molar-refractivity contribution in [2.24, 2.45) is 0 Å². The number of esters is 3. The maximum atomic E-state index is 13.0. The van der Waals surface area contributed by atoms with Crippen LogP contribution >= 0.6 is 0 Å². The monoisotopic (exact) mass is 765 g/mol. The summed E-state index contributed by atoms with van der Waals surface area (Å²) in [7, 11) is 0. The molecule has 1 heterocycles. The Morgan fingerprint density at radius 1 is 0.673 bits per heavy atom. The maximum Gasteiger partial charge on any atom is 0.311 e. The smallest absolute Gasteiger partial charge is 0.311 e. The van der Waals surface area contributed by atoms with E-state index in [1.54, 1.807) is 12.1 Å². The molecule has 0 bridgehead atoms. The summed E-state index contributed by atoms with van der Waals surface area (Å²) in [6.45, 7) is 4.28. The molecule has 1 aliphatic heterocycles. The average Bonchev–Trinajstić information content (AvgIpc) is 3.14. The van der Waals surface area contributed by atoms with Gasteiger partial charge < -0.3 is 23.7 Å². The lowest BCUT2D eigenvalue weighted by molar-refractivity contribution is -0.159. The molecule has 3 rings (SSSR count). The quantitative estimate of drug-likeness (QED) is 0.0298. The molecule has 0 radical (unpaired) electrons. The third-order valence-corrected chi connectivity index (χ3v) is 9.66. The second-order valence-corrected chi connectivity index (χ2v) is 14.6. The molecular formula is C44H63NO10. The van der Waals surface area contributed by atoms with Gasteiger partial charge in [0.2, 0.25) is 0 Å². The van der Waals surface area contributed by atoms with Crippen molar-refractivity contribution in [2.45, 2.75) is 174 Å². The van der Waals surface area contributed by atoms with Crippen molar-refractivity contribution in [3.8, 4) is 17.2 Å². The van der Waals surface area contributed by atoms with Gasteiger partial charge in [-0.25, -0.2) is 4.98 Å². The number of hydrogen-bond donors (Lipinski definition) is 1. The minimum atomic E-state index is -0.990. The van der Waals surface area contributed by atoms with E-state index < -0.39 is 18.0 Å². The number of hydrogen-bond acceptors (Lipinski definition) is 10. The molecule has 0 aromatic heterocycles. The first-order valence-corrected chi connectivity index (χ1v) is 20.8. The lowest BCUT2D eigenvalue weighted by Gasteiger charge is -2.20. The zero-order valence-corrected chi connectivity index (χ0v) is 33.2. The van der Waals surface area contributed by atoms with Crippen LogP contribution in [0.2, 0.25) is 0 Å². The summed E-state index contributed by atoms with van der Waals surface area (Å²) in [5.74, 6) is -1.90. The van der Waals surface area contributed by atoms with E-state index in [2.05, 4.69) is 13.8 Å². The van der Waals surface area contributed by atoms with Crippen LogP contribution < -0.4 is 10.2 Å². The lowest BCUT2D eigenvalue weighted by Crippen LogP contribution is -2.28. The fourth-order valence-electron chi connectivity index (χ4n) is 6.58. The zero-order chi connectivity index (χ0) is 39.7. The first-order chi connectivity index (χ1) is 26.7. The Morgan fingerprint density at radius 3 is 1.84 bits per heavy atom. The first kappa shape index (κ1) is 45.1. The van der Waals surface area contributed by atoms with Crippen LogP contribution in [-0.4, -0.2) is 46.7 Å². The van der Waals surface area contributed by atoms with Gasteiger partial charge in [-0.15, -0.1) is 0 Å². The van der Waals surface area contributed by atoms with Crippen molar-refractivity contribution in [1.29, 1.82) is 0 Å². The van der Waals surface area contributed by atoms with Crippen LogP contribution in [0.25, 0.3) is 22.6 Å². The number of nitrogens with zero attached hydrogens (tertiary/aromatic N) is 1. The SMILES string of the molecule is CCCCCCCCCCCC(=O)OCC(Cc1cc(=O)cc2oc3cc(OC(=O)CCCC(=O)O)ccc3nc1-2)OC(=O)CCCCCCCCCCC. The summed E-state index contributed by atoms with van der Waals surface area (Å²) in [5.41, 5.74) is 1.25. The van der Waals surface area contributed by atoms with Gasteiger partial charge in [0.15, 0.2) is 16.8 Å². The minimum Gasteiger partial charge on any atom is -0.481 e. The zero-order valence-electron chi connectivity index (χ0n) is 33.2. The van der Waals surface area contributed by atoms with Gasteiger partial charge in [-0.05, 0) is 43.0 Å². The molecule has 1 unspecified atom stereocenters. The fourth-order valence-corrected chi connectivity index (χ4v) is 6.58. The van der Waals surface area contributed by atoms with Crippen LogP contribution in [0.1, 0.15) is 167 Å². The summed E-state index contributed by atoms with van der Waals surface area (Å²) < 4.78 is 22.9. The Labute approximate surface area is 326 Å². The average molecular weight is 766 g/mol. The minimum absolute atomic E-state index is 0.0557. The summed E-state index contributed by atoms with van der Waals surface area (Å²) in [4.78, 5) is 66.3. The van der Waals surface area contributed by atoms with Crippen LogP contribution in [0.15, 0.2) is 39.5 Å². The standard InChI is InChI=1S/C44H63NO10/c1-3-5-7-9-11-13-15-17-19-23-41(49)52-32-36(54-42(50)24-20-18-16-14-12-10-8-6-4-2)29-33-28-34(46)30-39-44(33)45-37-27-26-35(31-38(37)55-39)53-43(51)25-21-22-40(47)48/h26-28,30-31,36H,3-25,29,32H2,1-2H3,(H,47,48). The van der Waals surface area contributed by atoms with Gasteiger partial charge in [0.1, 0.15) is 29.7 Å². The van der Waals surface area contributed by atoms with E-state index in [1.807, 2.05) is 0 Å². The Balaban J connectivity index is 1.65. The number of ether oxygens (including phenoxy) is 3. The predicted molar refractivity (Wildman–Crippen MR) is 212 cm³/mol. The molecule has 304 valence electrons. The predicted octanol–water partition coefficient (Wildman–Crippen LogP) is 10.3. The number of fused-ring (bicyclic) bond motifs is 2. The highest BCUT2D eigenvalue weighted by atomic mass is 16.6. The molecule has 2 aliphatic rings. The topological polar surface area (TPSA) is 159 Å². The number of carboxylic acid groups (broad SMARTS) is 1. The molecule has 0 saturated heterocycles. The van der Waals surface area contributed by atoms with E-state index in [9.17, 15) is 24.0 Å². The number of carbonyl (C=O) groups excluding carboxylic acids is 3. The fraction of sp³-hybridized carbons (Fsp3) is 0.636. The van der Waals surface area contributed by atoms with Crippen molar-refractivity contribution >= 4 is 35.0 Å². The van der Waals surface area contributed by atoms with E-state index in [0.29, 0.717) is 29.6 Å². The molecule has 1 aromatic carbocycles. The van der Waals surface area contributed by atoms with Gasteiger partial charge in [-0.2, -0.15) is 0 Å². The van der Waals surface area contributed by atoms with Gasteiger partial charge in [-0.1, -0.05) is 117 Å². The van der Waals surface area contributed by atoms with Crippen LogP contribution in [0, 0.1) is 0 Å². The Hall–Kier alpha value is -4.28. The first-order valence-electron chi connectivity index (χ1n) is 20.8. The van der Waals surface area contributed by atoms with Crippen molar-refractivity contribution in [3.63, 3.8) is 0 Å². The largest absolute Gasteiger partial charge is 0.481 e. The van der Waals surface area contributed by atoms with E-state index in [0.717, 1.165) is 38.5 Å². The van der Waals surface area contributed by atoms with Gasteiger partial charge in [0.05, 0.1) is 0 Å². The third kappa shape index (κ3) is 18.7. The second kappa shape index (κ2) is 26.5. The third-order valence-electron chi connectivity index (χ3n) is 9.66. The number of unbranched alkanes of at least 4 members (excludes halogenated alkanes) is 16. The van der Waals surface area contributed by atoms with Crippen LogP contribution in [0.5, 0.6) is 5.75 Å². The number of carboxylic acids is 1. The molecule has 11 nitrogen and oxygen atoms in total. The molecule has 0 amide bonds. The van der Waals surface area contributed by atoms with Gasteiger partial charge in [-0.3, -0.25) is 24.0 Å². The Bertz CT molecular complexity index is 1630. The Morgan fingerprint density at radius 2 is 1.24 bits per heavy atom. The van der Waals surface area contributed by atoms with Gasteiger partial charge in [0, 0.05) is 44.2 Å². The van der Waals surface area contributed by atoms with Crippen molar-refractivity contribution in [3.05, 3.63) is 46.1 Å². The summed E-state index contributed by atoms with van der Waals surface area (Å²) in [6, 6.07) is 7.39. The number of aromatic nitrogens is 1. The highest BCUT2D eigenvalue weighted by Crippen LogP contribution is 2.30. The van der Waals surface area contributed by atoms with Crippen molar-refractivity contribution < 1.29 is 42.9 Å². The van der Waals surface area contributed by atoms with Crippen molar-refractivity contribution in [1.82, 2.24) is 4.98 Å².